The van der Waals surface area contributed by atoms with Crippen molar-refractivity contribution < 1.29 is 14.3 Å². The summed E-state index contributed by atoms with van der Waals surface area (Å²) in [6.45, 7) is 1.38. The summed E-state index contributed by atoms with van der Waals surface area (Å²) in [6.07, 6.45) is -0.210. The third-order valence-corrected chi connectivity index (χ3v) is 5.87. The highest BCUT2D eigenvalue weighted by molar-refractivity contribution is 7.12. The number of morpholine rings is 1. The van der Waals surface area contributed by atoms with Crippen LogP contribution < -0.4 is 5.32 Å². The van der Waals surface area contributed by atoms with E-state index in [1.165, 1.54) is 11.3 Å². The minimum Gasteiger partial charge on any atom is -0.370 e. The molecule has 29 heavy (non-hydrogen) atoms. The molecule has 1 fully saturated rings. The molecule has 1 N–H and O–H groups in total. The van der Waals surface area contributed by atoms with Crippen LogP contribution in [0.25, 0.3) is 0 Å². The van der Waals surface area contributed by atoms with Gasteiger partial charge < -0.3 is 15.0 Å². The number of anilines is 1. The molecule has 0 spiro atoms. The Kier molecular flexibility index (Phi) is 5.94. The number of hydrogen-bond donors (Lipinski definition) is 1. The fourth-order valence-electron chi connectivity index (χ4n) is 3.25. The van der Waals surface area contributed by atoms with Gasteiger partial charge in [0.25, 0.3) is 11.8 Å². The van der Waals surface area contributed by atoms with Crippen LogP contribution in [0.15, 0.2) is 66.0 Å². The van der Waals surface area contributed by atoms with Crippen LogP contribution in [0.3, 0.4) is 0 Å². The Bertz CT molecular complexity index is 1010. The van der Waals surface area contributed by atoms with Gasteiger partial charge in [-0.2, -0.15) is 0 Å². The summed E-state index contributed by atoms with van der Waals surface area (Å²) < 4.78 is 5.86. The first-order valence-corrected chi connectivity index (χ1v) is 10.5. The van der Waals surface area contributed by atoms with E-state index in [0.717, 1.165) is 5.56 Å². The third kappa shape index (κ3) is 4.50. The van der Waals surface area contributed by atoms with Crippen molar-refractivity contribution in [2.45, 2.75) is 6.10 Å². The molecule has 5 nitrogen and oxygen atoms in total. The average molecular weight is 427 g/mol. The lowest BCUT2D eigenvalue weighted by Gasteiger charge is -2.33. The van der Waals surface area contributed by atoms with Crippen molar-refractivity contribution in [3.8, 4) is 0 Å². The van der Waals surface area contributed by atoms with E-state index in [1.54, 1.807) is 35.2 Å². The van der Waals surface area contributed by atoms with Gasteiger partial charge in [-0.1, -0.05) is 41.9 Å². The molecule has 3 aromatic rings. The number of rotatable bonds is 4. The number of ether oxygens (including phenoxy) is 1. The van der Waals surface area contributed by atoms with Crippen LogP contribution >= 0.6 is 22.9 Å². The minimum absolute atomic E-state index is 0.130. The number of nitrogens with zero attached hydrogens (tertiary/aromatic N) is 1. The Balaban J connectivity index is 1.52. The highest BCUT2D eigenvalue weighted by Gasteiger charge is 2.27. The number of thiophene rings is 1. The van der Waals surface area contributed by atoms with Crippen molar-refractivity contribution in [2.75, 3.05) is 25.0 Å². The molecule has 0 radical (unpaired) electrons. The number of carbonyl (C=O) groups excluding carboxylic acids is 2. The summed E-state index contributed by atoms with van der Waals surface area (Å²) in [4.78, 5) is 28.0. The Hall–Kier alpha value is -2.67. The standard InChI is InChI=1S/C22H19ClN2O3S/c23-16-9-7-15(8-10-16)19-14-25(11-12-28-19)22(27)17-4-1-2-5-18(17)24-21(26)20-6-3-13-29-20/h1-10,13,19H,11-12,14H2,(H,24,26). The molecule has 0 bridgehead atoms. The number of carbonyl (C=O) groups is 2. The van der Waals surface area contributed by atoms with Gasteiger partial charge in [0, 0.05) is 11.6 Å². The van der Waals surface area contributed by atoms with Crippen molar-refractivity contribution in [3.63, 3.8) is 0 Å². The zero-order valence-electron chi connectivity index (χ0n) is 15.5. The largest absolute Gasteiger partial charge is 0.370 e. The molecule has 1 aliphatic rings. The molecule has 7 heteroatoms. The molecule has 1 atom stereocenters. The molecule has 2 amide bonds. The van der Waals surface area contributed by atoms with Gasteiger partial charge >= 0.3 is 0 Å². The van der Waals surface area contributed by atoms with Gasteiger partial charge in [-0.3, -0.25) is 9.59 Å². The third-order valence-electron chi connectivity index (χ3n) is 4.75. The van der Waals surface area contributed by atoms with Crippen LogP contribution in [-0.2, 0) is 4.74 Å². The quantitative estimate of drug-likeness (QED) is 0.647. The predicted molar refractivity (Wildman–Crippen MR) is 115 cm³/mol. The Labute approximate surface area is 177 Å². The maximum absolute atomic E-state index is 13.2. The summed E-state index contributed by atoms with van der Waals surface area (Å²) in [5, 5.41) is 5.36. The molecular formula is C22H19ClN2O3S. The number of hydrogen-bond acceptors (Lipinski definition) is 4. The summed E-state index contributed by atoms with van der Waals surface area (Å²) >= 11 is 7.32. The van der Waals surface area contributed by atoms with Crippen molar-refractivity contribution in [2.24, 2.45) is 0 Å². The topological polar surface area (TPSA) is 58.6 Å². The highest BCUT2D eigenvalue weighted by atomic mass is 35.5. The lowest BCUT2D eigenvalue weighted by Crippen LogP contribution is -2.42. The van der Waals surface area contributed by atoms with Crippen molar-refractivity contribution in [3.05, 3.63) is 87.1 Å². The molecule has 148 valence electrons. The van der Waals surface area contributed by atoms with Crippen LogP contribution in [-0.4, -0.2) is 36.4 Å². The molecular weight excluding hydrogens is 408 g/mol. The van der Waals surface area contributed by atoms with E-state index in [-0.39, 0.29) is 17.9 Å². The average Bonchev–Trinajstić information content (AvgIpc) is 3.29. The number of para-hydroxylation sites is 1. The van der Waals surface area contributed by atoms with Gasteiger partial charge in [0.2, 0.25) is 0 Å². The Morgan fingerprint density at radius 1 is 1.07 bits per heavy atom. The fourth-order valence-corrected chi connectivity index (χ4v) is 4.00. The van der Waals surface area contributed by atoms with E-state index in [2.05, 4.69) is 5.32 Å². The molecule has 1 aromatic heterocycles. The van der Waals surface area contributed by atoms with E-state index in [1.807, 2.05) is 35.7 Å². The zero-order chi connectivity index (χ0) is 20.2. The smallest absolute Gasteiger partial charge is 0.265 e. The first-order chi connectivity index (χ1) is 14.1. The van der Waals surface area contributed by atoms with Crippen molar-refractivity contribution in [1.29, 1.82) is 0 Å². The maximum Gasteiger partial charge on any atom is 0.265 e. The van der Waals surface area contributed by atoms with Gasteiger partial charge in [0.1, 0.15) is 6.10 Å². The normalized spacial score (nSPS) is 16.4. The first kappa shape index (κ1) is 19.6. The molecule has 2 aromatic carbocycles. The van der Waals surface area contributed by atoms with Gasteiger partial charge in [0.15, 0.2) is 0 Å². The second-order valence-electron chi connectivity index (χ2n) is 6.64. The summed E-state index contributed by atoms with van der Waals surface area (Å²) in [5.74, 6) is -0.351. The van der Waals surface area contributed by atoms with Gasteiger partial charge in [0.05, 0.1) is 29.3 Å². The van der Waals surface area contributed by atoms with E-state index >= 15 is 0 Å². The van der Waals surface area contributed by atoms with Gasteiger partial charge in [-0.25, -0.2) is 0 Å². The van der Waals surface area contributed by atoms with Crippen LogP contribution in [0.5, 0.6) is 0 Å². The van der Waals surface area contributed by atoms with Crippen molar-refractivity contribution >= 4 is 40.4 Å². The number of amides is 2. The van der Waals surface area contributed by atoms with Gasteiger partial charge in [-0.15, -0.1) is 11.3 Å². The number of nitrogens with one attached hydrogen (secondary N) is 1. The van der Waals surface area contributed by atoms with E-state index in [0.29, 0.717) is 40.8 Å². The number of halogens is 1. The molecule has 2 heterocycles. The van der Waals surface area contributed by atoms with Crippen LogP contribution in [0, 0.1) is 0 Å². The Morgan fingerprint density at radius 2 is 1.86 bits per heavy atom. The fraction of sp³-hybridized carbons (Fsp3) is 0.182. The SMILES string of the molecule is O=C(Nc1ccccc1C(=O)N1CCOC(c2ccc(Cl)cc2)C1)c1cccs1. The molecule has 0 aliphatic carbocycles. The molecule has 1 saturated heterocycles. The second-order valence-corrected chi connectivity index (χ2v) is 8.02. The lowest BCUT2D eigenvalue weighted by molar-refractivity contribution is -0.0227. The summed E-state index contributed by atoms with van der Waals surface area (Å²) in [5.41, 5.74) is 1.95. The molecule has 1 unspecified atom stereocenters. The number of benzene rings is 2. The first-order valence-electron chi connectivity index (χ1n) is 9.22. The molecule has 1 aliphatic heterocycles. The summed E-state index contributed by atoms with van der Waals surface area (Å²) in [6, 6.07) is 18.1. The van der Waals surface area contributed by atoms with Crippen molar-refractivity contribution in [1.82, 2.24) is 4.90 Å². The van der Waals surface area contributed by atoms with E-state index in [4.69, 9.17) is 16.3 Å². The van der Waals surface area contributed by atoms with Crippen LogP contribution in [0.2, 0.25) is 5.02 Å². The van der Waals surface area contributed by atoms with Crippen LogP contribution in [0.4, 0.5) is 5.69 Å². The monoisotopic (exact) mass is 426 g/mol. The summed E-state index contributed by atoms with van der Waals surface area (Å²) in [7, 11) is 0. The minimum atomic E-state index is -0.221. The van der Waals surface area contributed by atoms with Gasteiger partial charge in [-0.05, 0) is 41.3 Å². The second kappa shape index (κ2) is 8.78. The molecule has 4 rings (SSSR count). The van der Waals surface area contributed by atoms with E-state index in [9.17, 15) is 9.59 Å². The van der Waals surface area contributed by atoms with Crippen LogP contribution in [0.1, 0.15) is 31.7 Å². The maximum atomic E-state index is 13.2. The lowest BCUT2D eigenvalue weighted by atomic mass is 10.1. The zero-order valence-corrected chi connectivity index (χ0v) is 17.1. The van der Waals surface area contributed by atoms with E-state index < -0.39 is 0 Å². The predicted octanol–water partition coefficient (Wildman–Crippen LogP) is 4.87. The highest BCUT2D eigenvalue weighted by Crippen LogP contribution is 2.26. The molecule has 0 saturated carbocycles. The Morgan fingerprint density at radius 3 is 2.62 bits per heavy atom.